The molecule has 506 valence electrons. The van der Waals surface area contributed by atoms with Crippen LogP contribution in [0.4, 0.5) is 26.7 Å². The molecule has 9 heterocycles. The number of carbonyl (C=O) groups excluding carboxylic acids is 4. The minimum absolute atomic E-state index is 0. The highest BCUT2D eigenvalue weighted by Gasteiger charge is 2.28. The number of hydrogen-bond acceptors (Lipinski definition) is 15. The van der Waals surface area contributed by atoms with Crippen LogP contribution in [0, 0.1) is 0 Å². The number of ether oxygens (including phenoxy) is 2. The molecule has 0 spiro atoms. The van der Waals surface area contributed by atoms with Gasteiger partial charge in [0.15, 0.2) is 5.69 Å². The van der Waals surface area contributed by atoms with Crippen molar-refractivity contribution in [2.75, 3.05) is 93.2 Å². The standard InChI is InChI=1S/C25H31N5O3.C20H23N5O.C17H27N3O2.C8H6N2O2.2ClH/c1-18(26-23(31)21-17-30-12-6-5-7-22(30)27-21)19-8-10-20(11-9-19)28-13-15-29(16-14-28)24(32)33-25(2,3)4;1-15(16-5-7-17(8-6-16)24-12-9-21-10-13-24)22-20(26)18-14-25-11-3-2-4-19(25)23-18;1-13(18)14-5-7-15(8-6-14)19-9-11-20(12-10-19)16(21)22-17(2,3)4;11-8(12)6-5-10-4-2-1-3-7(10)9-6;;/h5-12,17-18H,13-16H2,1-4H3,(H,26,31);2-8,11,14-15,21H,9-10,12-13H2,1H3,(H,22,26);5-8,13H,9-12,18H2,1-4H3;1-5H,(H,11,12);2*1H/t18-;15-;13-;;;/m111.../s1. The fourth-order valence-corrected chi connectivity index (χ4v) is 10.6. The summed E-state index contributed by atoms with van der Waals surface area (Å²) in [6.45, 7) is 27.1. The van der Waals surface area contributed by atoms with E-state index in [9.17, 15) is 24.0 Å². The van der Waals surface area contributed by atoms with Crippen molar-refractivity contribution in [3.63, 3.8) is 0 Å². The Hall–Kier alpha value is -9.42. The fourth-order valence-electron chi connectivity index (χ4n) is 10.6. The molecule has 3 fully saturated rings. The van der Waals surface area contributed by atoms with Crippen LogP contribution in [0.15, 0.2) is 165 Å². The van der Waals surface area contributed by atoms with Crippen molar-refractivity contribution in [3.8, 4) is 0 Å². The molecule has 3 aliphatic heterocycles. The maximum atomic E-state index is 12.6. The first-order valence-corrected chi connectivity index (χ1v) is 31.6. The number of rotatable bonds is 11. The Morgan fingerprint density at radius 3 is 1.09 bits per heavy atom. The second kappa shape index (κ2) is 33.1. The van der Waals surface area contributed by atoms with E-state index in [-0.39, 0.29) is 72.6 Å². The number of carboxylic acids is 1. The molecule has 3 aliphatic rings. The van der Waals surface area contributed by atoms with Crippen molar-refractivity contribution >= 4 is 88.8 Å². The summed E-state index contributed by atoms with van der Waals surface area (Å²) in [5.74, 6) is -1.36. The monoisotopic (exact) mass is 1340 g/mol. The molecule has 23 nitrogen and oxygen atoms in total. The molecular formula is C70H89Cl2N15O8. The minimum atomic E-state index is -1.00. The third-order valence-electron chi connectivity index (χ3n) is 15.8. The number of hydrogen-bond donors (Lipinski definition) is 5. The number of nitrogens with two attached hydrogens (primary N) is 1. The van der Waals surface area contributed by atoms with Crippen LogP contribution >= 0.6 is 24.8 Å². The Labute approximate surface area is 567 Å². The van der Waals surface area contributed by atoms with Crippen molar-refractivity contribution in [3.05, 3.63) is 198 Å². The zero-order chi connectivity index (χ0) is 66.4. The molecule has 0 aliphatic carbocycles. The van der Waals surface area contributed by atoms with Gasteiger partial charge in [-0.15, -0.1) is 24.8 Å². The lowest BCUT2D eigenvalue weighted by Gasteiger charge is -2.36. The summed E-state index contributed by atoms with van der Waals surface area (Å²) in [6.07, 6.45) is 10.0. The molecular weight excluding hydrogens is 1250 g/mol. The van der Waals surface area contributed by atoms with Gasteiger partial charge >= 0.3 is 18.2 Å². The van der Waals surface area contributed by atoms with Crippen molar-refractivity contribution in [1.82, 2.24) is 53.9 Å². The van der Waals surface area contributed by atoms with Gasteiger partial charge in [0.25, 0.3) is 11.8 Å². The smallest absolute Gasteiger partial charge is 0.410 e. The second-order valence-corrected chi connectivity index (χ2v) is 25.2. The van der Waals surface area contributed by atoms with Gasteiger partial charge in [-0.25, -0.2) is 29.3 Å². The number of nitrogens with one attached hydrogen (secondary N) is 3. The van der Waals surface area contributed by atoms with E-state index >= 15 is 0 Å². The summed E-state index contributed by atoms with van der Waals surface area (Å²) in [5, 5.41) is 18.0. The molecule has 3 saturated heterocycles. The highest BCUT2D eigenvalue weighted by Crippen LogP contribution is 2.25. The third-order valence-corrected chi connectivity index (χ3v) is 15.8. The largest absolute Gasteiger partial charge is 0.476 e. The molecule has 95 heavy (non-hydrogen) atoms. The molecule has 3 aromatic carbocycles. The molecule has 0 bridgehead atoms. The predicted molar refractivity (Wildman–Crippen MR) is 376 cm³/mol. The summed E-state index contributed by atoms with van der Waals surface area (Å²) in [6, 6.07) is 41.6. The van der Waals surface area contributed by atoms with Gasteiger partial charge in [0.1, 0.15) is 39.5 Å². The molecule has 0 saturated carbocycles. The molecule has 9 aromatic rings. The summed E-state index contributed by atoms with van der Waals surface area (Å²) < 4.78 is 16.2. The zero-order valence-corrected chi connectivity index (χ0v) is 57.1. The SMILES string of the molecule is C[C@@H](N)c1ccc(N2CCN(C(=O)OC(C)(C)C)CC2)cc1.C[C@@H](NC(=O)c1cn2ccccc2n1)c1ccc(N2CCN(C(=O)OC(C)(C)C)CC2)cc1.C[C@@H](NC(=O)c1cn2ccccc2n1)c1ccc(N2CCNCC2)cc1.Cl.Cl.O=C(O)c1cn2ccccc2n1. The molecule has 25 heteroatoms. The molecule has 6 N–H and O–H groups in total. The third kappa shape index (κ3) is 20.5. The number of anilines is 3. The van der Waals surface area contributed by atoms with Crippen LogP contribution in [0.2, 0.25) is 0 Å². The van der Waals surface area contributed by atoms with Gasteiger partial charge in [-0.2, -0.15) is 0 Å². The van der Waals surface area contributed by atoms with E-state index in [0.29, 0.717) is 43.2 Å². The van der Waals surface area contributed by atoms with Crippen molar-refractivity contribution < 1.29 is 38.6 Å². The number of carbonyl (C=O) groups is 5. The van der Waals surface area contributed by atoms with Crippen LogP contribution in [0.5, 0.6) is 0 Å². The zero-order valence-electron chi connectivity index (χ0n) is 55.4. The van der Waals surface area contributed by atoms with E-state index in [0.717, 1.165) is 86.0 Å². The first-order chi connectivity index (χ1) is 44.4. The average Bonchev–Trinajstić information content (AvgIpc) is 1.84. The number of nitrogens with zero attached hydrogens (tertiary/aromatic N) is 11. The molecule has 4 amide bonds. The van der Waals surface area contributed by atoms with Gasteiger partial charge in [0.05, 0.1) is 12.1 Å². The van der Waals surface area contributed by atoms with Crippen LogP contribution in [0.1, 0.15) is 129 Å². The van der Waals surface area contributed by atoms with E-state index in [1.54, 1.807) is 38.9 Å². The molecule has 0 radical (unpaired) electrons. The number of pyridine rings is 3. The Balaban J connectivity index is 0.000000186. The van der Waals surface area contributed by atoms with Gasteiger partial charge in [0, 0.05) is 139 Å². The van der Waals surface area contributed by atoms with Crippen LogP contribution in [0.3, 0.4) is 0 Å². The maximum absolute atomic E-state index is 12.6. The van der Waals surface area contributed by atoms with Gasteiger partial charge < -0.3 is 74.0 Å². The van der Waals surface area contributed by atoms with Crippen molar-refractivity contribution in [1.29, 1.82) is 0 Å². The molecule has 6 aromatic heterocycles. The Bertz CT molecular complexity index is 3860. The number of fused-ring (bicyclic) bond motifs is 3. The number of aromatic nitrogens is 6. The van der Waals surface area contributed by atoms with E-state index in [4.69, 9.17) is 20.3 Å². The van der Waals surface area contributed by atoms with E-state index in [1.165, 1.54) is 17.6 Å². The Morgan fingerprint density at radius 1 is 0.463 bits per heavy atom. The number of imidazole rings is 3. The number of aromatic carboxylic acids is 1. The van der Waals surface area contributed by atoms with Gasteiger partial charge in [-0.3, -0.25) is 9.59 Å². The number of benzene rings is 3. The Kier molecular flexibility index (Phi) is 25.4. The lowest BCUT2D eigenvalue weighted by Crippen LogP contribution is -2.50. The lowest BCUT2D eigenvalue weighted by atomic mass is 10.1. The predicted octanol–water partition coefficient (Wildman–Crippen LogP) is 10.8. The van der Waals surface area contributed by atoms with E-state index < -0.39 is 17.2 Å². The minimum Gasteiger partial charge on any atom is -0.476 e. The number of piperazine rings is 3. The first kappa shape index (κ1) is 73.0. The summed E-state index contributed by atoms with van der Waals surface area (Å²) in [4.78, 5) is 83.0. The topological polar surface area (TPSA) is 254 Å². The van der Waals surface area contributed by atoms with Gasteiger partial charge in [-0.1, -0.05) is 54.6 Å². The quantitative estimate of drug-likeness (QED) is 0.0807. The fraction of sp³-hybridized carbons (Fsp3) is 0.371. The Morgan fingerprint density at radius 2 is 0.779 bits per heavy atom. The van der Waals surface area contributed by atoms with Crippen molar-refractivity contribution in [2.24, 2.45) is 5.73 Å². The van der Waals surface area contributed by atoms with Gasteiger partial charge in [0.2, 0.25) is 0 Å². The second-order valence-electron chi connectivity index (χ2n) is 25.2. The highest BCUT2D eigenvalue weighted by molar-refractivity contribution is 5.94. The highest BCUT2D eigenvalue weighted by atomic mass is 35.5. The summed E-state index contributed by atoms with van der Waals surface area (Å²) in [5.41, 5.74) is 14.7. The van der Waals surface area contributed by atoms with Gasteiger partial charge in [-0.05, 0) is 152 Å². The lowest BCUT2D eigenvalue weighted by molar-refractivity contribution is 0.0230. The summed E-state index contributed by atoms with van der Waals surface area (Å²) >= 11 is 0. The number of amides is 4. The van der Waals surface area contributed by atoms with E-state index in [1.807, 2.05) is 144 Å². The average molecular weight is 1340 g/mol. The van der Waals surface area contributed by atoms with Crippen LogP contribution in [-0.2, 0) is 9.47 Å². The summed E-state index contributed by atoms with van der Waals surface area (Å²) in [7, 11) is 0. The molecule has 0 unspecified atom stereocenters. The van der Waals surface area contributed by atoms with Crippen LogP contribution < -0.4 is 36.4 Å². The molecule has 3 atom stereocenters. The maximum Gasteiger partial charge on any atom is 0.410 e. The van der Waals surface area contributed by atoms with E-state index in [2.05, 4.69) is 106 Å². The molecule has 12 rings (SSSR count). The first-order valence-electron chi connectivity index (χ1n) is 31.6. The van der Waals surface area contributed by atoms with Crippen molar-refractivity contribution in [2.45, 2.75) is 91.6 Å². The normalized spacial score (nSPS) is 15.0. The van der Waals surface area contributed by atoms with Crippen LogP contribution in [0.25, 0.3) is 16.9 Å². The van der Waals surface area contributed by atoms with Crippen LogP contribution in [-0.4, -0.2) is 163 Å². The number of carboxylic acid groups (broad SMARTS) is 1. The number of halogens is 2.